The van der Waals surface area contributed by atoms with Gasteiger partial charge in [0.15, 0.2) is 0 Å². The van der Waals surface area contributed by atoms with Crippen molar-refractivity contribution >= 4 is 27.5 Å². The summed E-state index contributed by atoms with van der Waals surface area (Å²) in [6.07, 6.45) is 0.764. The minimum atomic E-state index is -4.07. The monoisotopic (exact) mass is 535 g/mol. The van der Waals surface area contributed by atoms with Crippen molar-refractivity contribution in [2.75, 3.05) is 17.4 Å². The molecule has 0 aliphatic carbocycles. The van der Waals surface area contributed by atoms with Crippen LogP contribution in [0, 0.1) is 20.8 Å². The number of amides is 2. The second-order valence-corrected chi connectivity index (χ2v) is 11.5. The summed E-state index contributed by atoms with van der Waals surface area (Å²) in [4.78, 5) is 28.4. The smallest absolute Gasteiger partial charge is 0.264 e. The van der Waals surface area contributed by atoms with Gasteiger partial charge in [0, 0.05) is 13.1 Å². The summed E-state index contributed by atoms with van der Waals surface area (Å²) in [7, 11) is -4.07. The molecule has 3 rings (SSSR count). The van der Waals surface area contributed by atoms with Crippen LogP contribution in [0.4, 0.5) is 5.69 Å². The van der Waals surface area contributed by atoms with E-state index in [1.54, 1.807) is 37.3 Å². The van der Waals surface area contributed by atoms with Crippen LogP contribution in [0.5, 0.6) is 0 Å². The lowest BCUT2D eigenvalue weighted by molar-refractivity contribution is -0.139. The number of hydrogen-bond donors (Lipinski definition) is 1. The predicted molar refractivity (Wildman–Crippen MR) is 151 cm³/mol. The van der Waals surface area contributed by atoms with Gasteiger partial charge in [-0.2, -0.15) is 0 Å². The second kappa shape index (κ2) is 12.7. The van der Waals surface area contributed by atoms with Crippen molar-refractivity contribution in [1.29, 1.82) is 0 Å². The van der Waals surface area contributed by atoms with Crippen molar-refractivity contribution in [2.45, 2.75) is 58.5 Å². The van der Waals surface area contributed by atoms with E-state index < -0.39 is 28.5 Å². The number of carbonyl (C=O) groups is 2. The van der Waals surface area contributed by atoms with Crippen molar-refractivity contribution < 1.29 is 18.0 Å². The summed E-state index contributed by atoms with van der Waals surface area (Å²) in [5, 5.41) is 2.85. The molecule has 2 amide bonds. The number of rotatable bonds is 11. The Labute approximate surface area is 226 Å². The Kier molecular flexibility index (Phi) is 9.69. The van der Waals surface area contributed by atoms with Crippen molar-refractivity contribution in [2.24, 2.45) is 0 Å². The molecule has 8 heteroatoms. The van der Waals surface area contributed by atoms with Gasteiger partial charge in [0.05, 0.1) is 10.6 Å². The molecule has 0 spiro atoms. The first-order chi connectivity index (χ1) is 18.0. The zero-order valence-corrected chi connectivity index (χ0v) is 23.6. The Bertz CT molecular complexity index is 1340. The van der Waals surface area contributed by atoms with E-state index in [1.165, 1.54) is 17.0 Å². The van der Waals surface area contributed by atoms with Crippen molar-refractivity contribution in [1.82, 2.24) is 10.2 Å². The number of nitrogens with one attached hydrogen (secondary N) is 1. The zero-order chi connectivity index (χ0) is 27.9. The molecule has 0 aliphatic heterocycles. The number of carbonyl (C=O) groups excluding carboxylic acids is 2. The molecule has 0 heterocycles. The fraction of sp³-hybridized carbons (Fsp3) is 0.333. The molecule has 0 fully saturated rings. The Morgan fingerprint density at radius 1 is 0.868 bits per heavy atom. The van der Waals surface area contributed by atoms with E-state index in [-0.39, 0.29) is 17.3 Å². The lowest BCUT2D eigenvalue weighted by atomic mass is 10.1. The molecule has 0 saturated carbocycles. The van der Waals surface area contributed by atoms with Gasteiger partial charge in [-0.05, 0) is 75.1 Å². The molecule has 202 valence electrons. The predicted octanol–water partition coefficient (Wildman–Crippen LogP) is 4.75. The van der Waals surface area contributed by atoms with Crippen LogP contribution in [0.2, 0.25) is 0 Å². The van der Waals surface area contributed by atoms with Crippen molar-refractivity contribution in [3.63, 3.8) is 0 Å². The van der Waals surface area contributed by atoms with Crippen LogP contribution in [0.25, 0.3) is 0 Å². The fourth-order valence-corrected chi connectivity index (χ4v) is 5.63. The van der Waals surface area contributed by atoms with Gasteiger partial charge in [0.1, 0.15) is 12.6 Å². The van der Waals surface area contributed by atoms with Crippen LogP contribution in [-0.2, 0) is 26.2 Å². The van der Waals surface area contributed by atoms with E-state index in [1.807, 2.05) is 58.0 Å². The summed E-state index contributed by atoms with van der Waals surface area (Å²) >= 11 is 0. The van der Waals surface area contributed by atoms with Crippen LogP contribution in [0.1, 0.15) is 42.5 Å². The number of sulfonamides is 1. The second-order valence-electron chi connectivity index (χ2n) is 9.64. The maximum Gasteiger partial charge on any atom is 0.264 e. The van der Waals surface area contributed by atoms with Crippen LogP contribution in [0.3, 0.4) is 0 Å². The van der Waals surface area contributed by atoms with E-state index >= 15 is 0 Å². The molecule has 0 bridgehead atoms. The molecule has 38 heavy (non-hydrogen) atoms. The lowest BCUT2D eigenvalue weighted by Crippen LogP contribution is -2.51. The fourth-order valence-electron chi connectivity index (χ4n) is 4.21. The van der Waals surface area contributed by atoms with Gasteiger partial charge in [0.25, 0.3) is 10.0 Å². The highest BCUT2D eigenvalue weighted by atomic mass is 32.2. The Hall–Kier alpha value is -3.65. The van der Waals surface area contributed by atoms with Gasteiger partial charge in [0.2, 0.25) is 11.8 Å². The van der Waals surface area contributed by atoms with Crippen LogP contribution >= 0.6 is 0 Å². The first-order valence-corrected chi connectivity index (χ1v) is 14.3. The first kappa shape index (κ1) is 28.9. The quantitative estimate of drug-likeness (QED) is 0.384. The van der Waals surface area contributed by atoms with Crippen molar-refractivity contribution in [3.05, 3.63) is 95.1 Å². The molecule has 1 N–H and O–H groups in total. The van der Waals surface area contributed by atoms with Gasteiger partial charge >= 0.3 is 0 Å². The summed E-state index contributed by atoms with van der Waals surface area (Å²) in [5.41, 5.74) is 4.09. The number of benzene rings is 3. The normalized spacial score (nSPS) is 12.0. The molecule has 3 aromatic rings. The van der Waals surface area contributed by atoms with E-state index in [4.69, 9.17) is 0 Å². The average molecular weight is 536 g/mol. The van der Waals surface area contributed by atoms with Crippen LogP contribution < -0.4 is 9.62 Å². The Morgan fingerprint density at radius 2 is 1.47 bits per heavy atom. The largest absolute Gasteiger partial charge is 0.354 e. The third kappa shape index (κ3) is 7.22. The summed E-state index contributed by atoms with van der Waals surface area (Å²) in [6.45, 7) is 9.59. The molecular formula is C30H37N3O4S. The van der Waals surface area contributed by atoms with E-state index in [2.05, 4.69) is 5.32 Å². The first-order valence-electron chi connectivity index (χ1n) is 12.8. The highest BCUT2D eigenvalue weighted by molar-refractivity contribution is 7.92. The summed E-state index contributed by atoms with van der Waals surface area (Å²) < 4.78 is 28.8. The summed E-state index contributed by atoms with van der Waals surface area (Å²) in [5.74, 6) is -0.750. The van der Waals surface area contributed by atoms with E-state index in [0.717, 1.165) is 33.0 Å². The maximum atomic E-state index is 13.9. The van der Waals surface area contributed by atoms with Gasteiger partial charge in [-0.15, -0.1) is 0 Å². The molecule has 0 unspecified atom stereocenters. The van der Waals surface area contributed by atoms with Gasteiger partial charge in [-0.3, -0.25) is 13.9 Å². The van der Waals surface area contributed by atoms with Gasteiger partial charge < -0.3 is 10.2 Å². The number of aryl methyl sites for hydroxylation is 3. The topological polar surface area (TPSA) is 86.8 Å². The lowest BCUT2D eigenvalue weighted by Gasteiger charge is -2.32. The van der Waals surface area contributed by atoms with Gasteiger partial charge in [-0.1, -0.05) is 61.0 Å². The average Bonchev–Trinajstić information content (AvgIpc) is 2.89. The van der Waals surface area contributed by atoms with E-state index in [0.29, 0.717) is 12.2 Å². The third-order valence-electron chi connectivity index (χ3n) is 6.29. The molecule has 0 saturated heterocycles. The Morgan fingerprint density at radius 3 is 2.05 bits per heavy atom. The van der Waals surface area contributed by atoms with E-state index in [9.17, 15) is 18.0 Å². The summed E-state index contributed by atoms with van der Waals surface area (Å²) in [6, 6.07) is 20.4. The molecule has 7 nitrogen and oxygen atoms in total. The molecule has 3 aromatic carbocycles. The van der Waals surface area contributed by atoms with Crippen LogP contribution in [-0.4, -0.2) is 44.3 Å². The molecular weight excluding hydrogens is 498 g/mol. The van der Waals surface area contributed by atoms with Gasteiger partial charge in [-0.25, -0.2) is 8.42 Å². The van der Waals surface area contributed by atoms with Crippen molar-refractivity contribution in [3.8, 4) is 0 Å². The number of nitrogens with zero attached hydrogens (tertiary/aromatic N) is 2. The van der Waals surface area contributed by atoms with Crippen LogP contribution in [0.15, 0.2) is 77.7 Å². The number of hydrogen-bond acceptors (Lipinski definition) is 4. The molecule has 0 aliphatic rings. The Balaban J connectivity index is 2.03. The SMILES string of the molecule is CCCNC(=O)[C@H](C)N(Cc1ccc(C)cc1)C(=O)CN(c1cc(C)cc(C)c1)S(=O)(=O)c1ccccc1. The highest BCUT2D eigenvalue weighted by Crippen LogP contribution is 2.26. The highest BCUT2D eigenvalue weighted by Gasteiger charge is 2.32. The molecule has 0 aromatic heterocycles. The zero-order valence-electron chi connectivity index (χ0n) is 22.8. The third-order valence-corrected chi connectivity index (χ3v) is 8.08. The molecule has 1 atom stereocenters. The maximum absolute atomic E-state index is 13.9. The minimum Gasteiger partial charge on any atom is -0.354 e. The molecule has 0 radical (unpaired) electrons. The number of anilines is 1. The standard InChI is InChI=1S/C30H37N3O4S/c1-6-16-31-30(35)25(5)32(20-26-14-12-22(2)13-15-26)29(34)21-33(27-18-23(3)17-24(4)19-27)38(36,37)28-10-8-7-9-11-28/h7-15,17-19,25H,6,16,20-21H2,1-5H3,(H,31,35)/t25-/m0/s1. The minimum absolute atomic E-state index is 0.0887.